The summed E-state index contributed by atoms with van der Waals surface area (Å²) in [6.07, 6.45) is 0.658. The van der Waals surface area contributed by atoms with E-state index < -0.39 is 6.10 Å². The molecule has 1 atom stereocenters. The zero-order valence-corrected chi connectivity index (χ0v) is 7.95. The number of benzene rings is 1. The van der Waals surface area contributed by atoms with Crippen molar-refractivity contribution in [3.8, 4) is 5.75 Å². The van der Waals surface area contributed by atoms with Gasteiger partial charge < -0.3 is 10.2 Å². The van der Waals surface area contributed by atoms with Crippen molar-refractivity contribution in [2.24, 2.45) is 0 Å². The van der Waals surface area contributed by atoms with Crippen molar-refractivity contribution in [2.75, 3.05) is 0 Å². The molecule has 1 rings (SSSR count). The average Bonchev–Trinajstić information content (AvgIpc) is 2.08. The van der Waals surface area contributed by atoms with Crippen molar-refractivity contribution in [1.29, 1.82) is 0 Å². The van der Waals surface area contributed by atoms with Gasteiger partial charge >= 0.3 is 0 Å². The highest BCUT2D eigenvalue weighted by atomic mass is 79.9. The molecule has 0 bridgehead atoms. The summed E-state index contributed by atoms with van der Waals surface area (Å²) in [5.41, 5.74) is 0.616. The highest BCUT2D eigenvalue weighted by Gasteiger charge is 2.09. The highest BCUT2D eigenvalue weighted by molar-refractivity contribution is 9.10. The minimum atomic E-state index is -0.744. The maximum atomic E-state index is 9.38. The summed E-state index contributed by atoms with van der Waals surface area (Å²) in [7, 11) is 0. The monoisotopic (exact) mass is 228 g/mol. The summed E-state index contributed by atoms with van der Waals surface area (Å²) >= 11 is 3.16. The Morgan fingerprint density at radius 1 is 1.50 bits per heavy atom. The van der Waals surface area contributed by atoms with Crippen LogP contribution in [0.2, 0.25) is 0 Å². The van der Waals surface area contributed by atoms with Gasteiger partial charge in [-0.2, -0.15) is 0 Å². The Kier molecular flexibility index (Phi) is 2.89. The Hall–Kier alpha value is -0.800. The minimum absolute atomic E-state index is 0.119. The molecule has 2 N–H and O–H groups in total. The third-order valence-corrected chi connectivity index (χ3v) is 2.41. The lowest BCUT2D eigenvalue weighted by molar-refractivity contribution is 0.227. The fourth-order valence-electron chi connectivity index (χ4n) is 0.893. The first-order valence-corrected chi connectivity index (χ1v) is 4.24. The van der Waals surface area contributed by atoms with Gasteiger partial charge in [0.05, 0.1) is 10.6 Å². The molecule has 0 amide bonds. The molecule has 64 valence electrons. The van der Waals surface area contributed by atoms with E-state index in [0.717, 1.165) is 0 Å². The number of hydrogen-bond donors (Lipinski definition) is 2. The summed E-state index contributed by atoms with van der Waals surface area (Å²) in [4.78, 5) is 0. The SMILES string of the molecule is C=CC(O)c1cccc(O)c1Br. The van der Waals surface area contributed by atoms with E-state index in [9.17, 15) is 10.2 Å². The maximum Gasteiger partial charge on any atom is 0.130 e. The predicted molar refractivity (Wildman–Crippen MR) is 51.0 cm³/mol. The summed E-state index contributed by atoms with van der Waals surface area (Å²) in [5.74, 6) is 0.119. The molecule has 1 aromatic rings. The molecular weight excluding hydrogens is 220 g/mol. The molecule has 0 spiro atoms. The Morgan fingerprint density at radius 2 is 2.17 bits per heavy atom. The number of phenols is 1. The van der Waals surface area contributed by atoms with Crippen molar-refractivity contribution in [3.05, 3.63) is 40.9 Å². The van der Waals surface area contributed by atoms with Crippen molar-refractivity contribution in [1.82, 2.24) is 0 Å². The minimum Gasteiger partial charge on any atom is -0.507 e. The molecule has 0 radical (unpaired) electrons. The number of aromatic hydroxyl groups is 1. The van der Waals surface area contributed by atoms with E-state index in [1.165, 1.54) is 6.08 Å². The molecule has 0 saturated carbocycles. The van der Waals surface area contributed by atoms with E-state index in [4.69, 9.17) is 0 Å². The molecular formula is C9H9BrO2. The number of hydrogen-bond acceptors (Lipinski definition) is 2. The lowest BCUT2D eigenvalue weighted by atomic mass is 10.1. The Labute approximate surface area is 79.3 Å². The zero-order valence-electron chi connectivity index (χ0n) is 6.37. The van der Waals surface area contributed by atoms with Crippen molar-refractivity contribution < 1.29 is 10.2 Å². The van der Waals surface area contributed by atoms with E-state index >= 15 is 0 Å². The van der Waals surface area contributed by atoms with Crippen LogP contribution in [0.3, 0.4) is 0 Å². The van der Waals surface area contributed by atoms with Crippen molar-refractivity contribution in [3.63, 3.8) is 0 Å². The average molecular weight is 229 g/mol. The summed E-state index contributed by atoms with van der Waals surface area (Å²) in [6, 6.07) is 4.93. The molecule has 0 heterocycles. The molecule has 2 nitrogen and oxygen atoms in total. The van der Waals surface area contributed by atoms with E-state index in [1.54, 1.807) is 18.2 Å². The smallest absolute Gasteiger partial charge is 0.130 e. The van der Waals surface area contributed by atoms with Gasteiger partial charge in [-0.3, -0.25) is 0 Å². The van der Waals surface area contributed by atoms with Gasteiger partial charge in [-0.15, -0.1) is 6.58 Å². The highest BCUT2D eigenvalue weighted by Crippen LogP contribution is 2.31. The quantitative estimate of drug-likeness (QED) is 0.764. The Balaban J connectivity index is 3.15. The first-order valence-electron chi connectivity index (χ1n) is 3.45. The summed E-state index contributed by atoms with van der Waals surface area (Å²) < 4.78 is 0.511. The predicted octanol–water partition coefficient (Wildman–Crippen LogP) is 2.37. The number of rotatable bonds is 2. The van der Waals surface area contributed by atoms with Gasteiger partial charge in [0.15, 0.2) is 0 Å². The second-order valence-electron chi connectivity index (χ2n) is 2.36. The van der Waals surface area contributed by atoms with Gasteiger partial charge in [-0.25, -0.2) is 0 Å². The van der Waals surface area contributed by atoms with E-state index in [2.05, 4.69) is 22.5 Å². The van der Waals surface area contributed by atoms with E-state index in [1.807, 2.05) is 0 Å². The van der Waals surface area contributed by atoms with E-state index in [-0.39, 0.29) is 5.75 Å². The van der Waals surface area contributed by atoms with E-state index in [0.29, 0.717) is 10.0 Å². The second kappa shape index (κ2) is 3.74. The first-order chi connectivity index (χ1) is 5.66. The molecule has 1 unspecified atom stereocenters. The summed E-state index contributed by atoms with van der Waals surface area (Å²) in [5, 5.41) is 18.6. The number of aliphatic hydroxyl groups excluding tert-OH is 1. The first kappa shape index (κ1) is 9.29. The third-order valence-electron chi connectivity index (χ3n) is 1.55. The van der Waals surface area contributed by atoms with Crippen LogP contribution in [0.25, 0.3) is 0 Å². The van der Waals surface area contributed by atoms with Crippen LogP contribution < -0.4 is 0 Å². The van der Waals surface area contributed by atoms with Gasteiger partial charge in [0.25, 0.3) is 0 Å². The lowest BCUT2D eigenvalue weighted by Gasteiger charge is -2.08. The van der Waals surface area contributed by atoms with Crippen LogP contribution in [0, 0.1) is 0 Å². The molecule has 0 fully saturated rings. The van der Waals surface area contributed by atoms with Gasteiger partial charge in [-0.05, 0) is 22.0 Å². The molecule has 3 heteroatoms. The van der Waals surface area contributed by atoms with Crippen LogP contribution in [0.15, 0.2) is 35.3 Å². The fourth-order valence-corrected chi connectivity index (χ4v) is 1.39. The molecule has 0 aliphatic heterocycles. The van der Waals surface area contributed by atoms with Crippen LogP contribution >= 0.6 is 15.9 Å². The van der Waals surface area contributed by atoms with Gasteiger partial charge in [0, 0.05) is 5.56 Å². The standard InChI is InChI=1S/C9H9BrO2/c1-2-7(11)6-4-3-5-8(12)9(6)10/h2-5,7,11-12H,1H2. The number of aliphatic hydroxyl groups is 1. The van der Waals surface area contributed by atoms with Gasteiger partial charge in [0.1, 0.15) is 5.75 Å². The van der Waals surface area contributed by atoms with Crippen LogP contribution in [0.4, 0.5) is 0 Å². The van der Waals surface area contributed by atoms with Crippen LogP contribution in [0.5, 0.6) is 5.75 Å². The number of phenolic OH excluding ortho intramolecular Hbond substituents is 1. The Bertz CT molecular complexity index is 297. The Morgan fingerprint density at radius 3 is 2.75 bits per heavy atom. The van der Waals surface area contributed by atoms with Crippen molar-refractivity contribution in [2.45, 2.75) is 6.10 Å². The van der Waals surface area contributed by atoms with Crippen LogP contribution in [0.1, 0.15) is 11.7 Å². The third kappa shape index (κ3) is 1.68. The molecule has 0 aromatic heterocycles. The maximum absolute atomic E-state index is 9.38. The topological polar surface area (TPSA) is 40.5 Å². The molecule has 1 aromatic carbocycles. The second-order valence-corrected chi connectivity index (χ2v) is 3.15. The molecule has 0 aliphatic rings. The van der Waals surface area contributed by atoms with Crippen LogP contribution in [-0.2, 0) is 0 Å². The summed E-state index contributed by atoms with van der Waals surface area (Å²) in [6.45, 7) is 3.46. The largest absolute Gasteiger partial charge is 0.507 e. The van der Waals surface area contributed by atoms with Crippen LogP contribution in [-0.4, -0.2) is 10.2 Å². The van der Waals surface area contributed by atoms with Gasteiger partial charge in [-0.1, -0.05) is 18.2 Å². The molecule has 0 saturated heterocycles. The van der Waals surface area contributed by atoms with Crippen molar-refractivity contribution >= 4 is 15.9 Å². The molecule has 0 aliphatic carbocycles. The normalized spacial score (nSPS) is 12.5. The number of halogens is 1. The van der Waals surface area contributed by atoms with Gasteiger partial charge in [0.2, 0.25) is 0 Å². The lowest BCUT2D eigenvalue weighted by Crippen LogP contribution is -1.93. The molecule has 12 heavy (non-hydrogen) atoms. The fraction of sp³-hybridized carbons (Fsp3) is 0.111. The zero-order chi connectivity index (χ0) is 9.14.